The fourth-order valence-electron chi connectivity index (χ4n) is 5.63. The highest BCUT2D eigenvalue weighted by molar-refractivity contribution is 7.92. The number of benzene rings is 2. The van der Waals surface area contributed by atoms with Crippen molar-refractivity contribution in [2.45, 2.75) is 67.1 Å². The number of nitrogens with one attached hydrogen (secondary N) is 1. The van der Waals surface area contributed by atoms with Gasteiger partial charge in [0.15, 0.2) is 21.5 Å². The molecular weight excluding hydrogens is 448 g/mol. The average Bonchev–Trinajstić information content (AvgIpc) is 3.59. The van der Waals surface area contributed by atoms with Gasteiger partial charge < -0.3 is 10.4 Å². The molecule has 5 nitrogen and oxygen atoms in total. The van der Waals surface area contributed by atoms with E-state index >= 15 is 0 Å². The molecule has 2 aromatic carbocycles. The molecule has 0 saturated heterocycles. The zero-order chi connectivity index (χ0) is 23.5. The fraction of sp³-hybridized carbons (Fsp3) is 0.480. The van der Waals surface area contributed by atoms with Gasteiger partial charge in [-0.3, -0.25) is 4.79 Å². The largest absolute Gasteiger partial charge is 0.390 e. The van der Waals surface area contributed by atoms with Gasteiger partial charge >= 0.3 is 0 Å². The Hall–Kier alpha value is -2.32. The fourth-order valence-corrected chi connectivity index (χ4v) is 7.81. The number of rotatable bonds is 5. The summed E-state index contributed by atoms with van der Waals surface area (Å²) >= 11 is 0. The van der Waals surface area contributed by atoms with E-state index in [4.69, 9.17) is 0 Å². The van der Waals surface area contributed by atoms with Gasteiger partial charge in [-0.25, -0.2) is 17.2 Å². The Morgan fingerprint density at radius 2 is 1.67 bits per heavy atom. The summed E-state index contributed by atoms with van der Waals surface area (Å²) in [6.45, 7) is 1.82. The maximum atomic E-state index is 13.8. The van der Waals surface area contributed by atoms with Crippen molar-refractivity contribution in [2.75, 3.05) is 5.32 Å². The first-order valence-electron chi connectivity index (χ1n) is 11.4. The molecule has 0 heterocycles. The minimum Gasteiger partial charge on any atom is -0.390 e. The Bertz CT molecular complexity index is 1210. The quantitative estimate of drug-likeness (QED) is 0.650. The molecule has 176 valence electrons. The van der Waals surface area contributed by atoms with Crippen molar-refractivity contribution in [3.63, 3.8) is 0 Å². The molecule has 5 rings (SSSR count). The van der Waals surface area contributed by atoms with Crippen molar-refractivity contribution in [3.8, 4) is 0 Å². The Morgan fingerprint density at radius 3 is 2.27 bits per heavy atom. The Morgan fingerprint density at radius 1 is 1.00 bits per heavy atom. The first kappa shape index (κ1) is 22.5. The number of hydrogen-bond acceptors (Lipinski definition) is 4. The summed E-state index contributed by atoms with van der Waals surface area (Å²) in [5, 5.41) is 12.7. The van der Waals surface area contributed by atoms with Gasteiger partial charge in [0.2, 0.25) is 0 Å². The molecule has 33 heavy (non-hydrogen) atoms. The summed E-state index contributed by atoms with van der Waals surface area (Å²) in [6, 6.07) is 7.76. The SMILES string of the molecule is CC1(O)C2CC[C@H]1CC(S(=O)(=O)c1cc(C(=O)Nc3ccc(F)c(F)c3)ccc1C1CC1)C2. The Labute approximate surface area is 192 Å². The van der Waals surface area contributed by atoms with Gasteiger partial charge in [-0.05, 0) is 93.0 Å². The minimum atomic E-state index is -3.72. The third-order valence-electron chi connectivity index (χ3n) is 7.83. The van der Waals surface area contributed by atoms with Gasteiger partial charge in [-0.1, -0.05) is 6.07 Å². The summed E-state index contributed by atoms with van der Waals surface area (Å²) in [4.78, 5) is 13.0. The molecule has 8 heteroatoms. The molecule has 3 saturated carbocycles. The van der Waals surface area contributed by atoms with Crippen LogP contribution in [-0.4, -0.2) is 30.3 Å². The maximum absolute atomic E-state index is 13.8. The van der Waals surface area contributed by atoms with E-state index in [9.17, 15) is 27.1 Å². The van der Waals surface area contributed by atoms with E-state index in [2.05, 4.69) is 5.32 Å². The summed E-state index contributed by atoms with van der Waals surface area (Å²) < 4.78 is 54.3. The number of hydrogen-bond donors (Lipinski definition) is 2. The molecule has 3 aliphatic carbocycles. The predicted molar refractivity (Wildman–Crippen MR) is 120 cm³/mol. The lowest BCUT2D eigenvalue weighted by molar-refractivity contribution is -0.0413. The number of carbonyl (C=O) groups excluding carboxylic acids is 1. The van der Waals surface area contributed by atoms with E-state index in [0.717, 1.165) is 43.4 Å². The monoisotopic (exact) mass is 475 g/mol. The second-order valence-corrected chi connectivity index (χ2v) is 12.1. The molecule has 3 unspecified atom stereocenters. The first-order valence-corrected chi connectivity index (χ1v) is 13.0. The van der Waals surface area contributed by atoms with Crippen LogP contribution in [-0.2, 0) is 9.84 Å². The number of fused-ring (bicyclic) bond motifs is 2. The van der Waals surface area contributed by atoms with Crippen molar-refractivity contribution in [1.29, 1.82) is 0 Å². The highest BCUT2D eigenvalue weighted by Gasteiger charge is 2.53. The van der Waals surface area contributed by atoms with E-state index in [1.165, 1.54) is 12.1 Å². The van der Waals surface area contributed by atoms with Crippen LogP contribution in [0.1, 0.15) is 67.3 Å². The highest BCUT2D eigenvalue weighted by Crippen LogP contribution is 2.52. The highest BCUT2D eigenvalue weighted by atomic mass is 32.2. The normalized spacial score (nSPS) is 29.2. The summed E-state index contributed by atoms with van der Waals surface area (Å²) in [5.74, 6) is -2.60. The van der Waals surface area contributed by atoms with Gasteiger partial charge in [0.1, 0.15) is 0 Å². The predicted octanol–water partition coefficient (Wildman–Crippen LogP) is 4.81. The van der Waals surface area contributed by atoms with E-state index in [1.54, 1.807) is 12.1 Å². The van der Waals surface area contributed by atoms with Crippen molar-refractivity contribution >= 4 is 21.4 Å². The van der Waals surface area contributed by atoms with Gasteiger partial charge in [-0.2, -0.15) is 0 Å². The third kappa shape index (κ3) is 3.97. The standard InChI is InChI=1S/C25H27F2NO4S/c1-25(30)16-5-6-17(25)12-19(11-16)33(31,32)23-10-15(4-8-20(23)14-2-3-14)24(29)28-18-7-9-21(26)22(27)13-18/h4,7-10,13-14,16-17,19,30H,2-3,5-6,11-12H2,1H3,(H,28,29)/t16-,17?,19?,25?/m0/s1. The molecule has 2 aromatic rings. The zero-order valence-electron chi connectivity index (χ0n) is 18.4. The van der Waals surface area contributed by atoms with Crippen LogP contribution in [0.4, 0.5) is 14.5 Å². The Kier molecular flexibility index (Phi) is 5.36. The lowest BCUT2D eigenvalue weighted by Gasteiger charge is -2.40. The lowest BCUT2D eigenvalue weighted by Crippen LogP contribution is -2.45. The van der Waals surface area contributed by atoms with Gasteiger partial charge in [0.25, 0.3) is 5.91 Å². The average molecular weight is 476 g/mol. The summed E-state index contributed by atoms with van der Waals surface area (Å²) in [7, 11) is -3.72. The van der Waals surface area contributed by atoms with Crippen LogP contribution in [0.15, 0.2) is 41.3 Å². The van der Waals surface area contributed by atoms with Crippen LogP contribution in [0.3, 0.4) is 0 Å². The lowest BCUT2D eigenvalue weighted by atomic mass is 9.76. The number of carbonyl (C=O) groups is 1. The Balaban J connectivity index is 1.46. The molecule has 1 amide bonds. The third-order valence-corrected chi connectivity index (χ3v) is 10.1. The van der Waals surface area contributed by atoms with E-state index in [-0.39, 0.29) is 33.9 Å². The molecule has 0 radical (unpaired) electrons. The van der Waals surface area contributed by atoms with Crippen molar-refractivity contribution in [3.05, 3.63) is 59.2 Å². The van der Waals surface area contributed by atoms with Crippen LogP contribution < -0.4 is 5.32 Å². The van der Waals surface area contributed by atoms with Crippen LogP contribution >= 0.6 is 0 Å². The number of halogens is 2. The van der Waals surface area contributed by atoms with Gasteiger partial charge in [0.05, 0.1) is 15.7 Å². The second-order valence-electron chi connectivity index (χ2n) is 9.95. The first-order chi connectivity index (χ1) is 15.6. The molecule has 0 spiro atoms. The van der Waals surface area contributed by atoms with Gasteiger partial charge in [-0.15, -0.1) is 0 Å². The van der Waals surface area contributed by atoms with E-state index in [1.807, 2.05) is 6.92 Å². The molecule has 0 aliphatic heterocycles. The molecule has 3 aliphatic rings. The minimum absolute atomic E-state index is 0.0414. The molecule has 0 aromatic heterocycles. The molecule has 2 bridgehead atoms. The molecular formula is C25H27F2NO4S. The molecule has 3 fully saturated rings. The summed E-state index contributed by atoms with van der Waals surface area (Å²) in [5.41, 5.74) is 0.149. The van der Waals surface area contributed by atoms with Crippen LogP contribution in [0.2, 0.25) is 0 Å². The number of sulfone groups is 1. The van der Waals surface area contributed by atoms with Crippen LogP contribution in [0.5, 0.6) is 0 Å². The number of amides is 1. The van der Waals surface area contributed by atoms with Crippen LogP contribution in [0, 0.1) is 23.5 Å². The van der Waals surface area contributed by atoms with Crippen molar-refractivity contribution in [2.24, 2.45) is 11.8 Å². The van der Waals surface area contributed by atoms with E-state index < -0.39 is 38.2 Å². The molecule has 4 atom stereocenters. The zero-order valence-corrected chi connectivity index (χ0v) is 19.2. The van der Waals surface area contributed by atoms with E-state index in [0.29, 0.717) is 12.8 Å². The maximum Gasteiger partial charge on any atom is 0.255 e. The van der Waals surface area contributed by atoms with Crippen LogP contribution in [0.25, 0.3) is 0 Å². The van der Waals surface area contributed by atoms with Crippen molar-refractivity contribution < 1.29 is 27.1 Å². The second kappa shape index (κ2) is 7.87. The summed E-state index contributed by atoms with van der Waals surface area (Å²) in [6.07, 6.45) is 4.31. The number of anilines is 1. The van der Waals surface area contributed by atoms with Gasteiger partial charge in [0, 0.05) is 17.3 Å². The smallest absolute Gasteiger partial charge is 0.255 e. The topological polar surface area (TPSA) is 83.5 Å². The van der Waals surface area contributed by atoms with Crippen molar-refractivity contribution in [1.82, 2.24) is 0 Å². The molecule has 2 N–H and O–H groups in total. The number of aliphatic hydroxyl groups is 1.